The highest BCUT2D eigenvalue weighted by atomic mass is 19.1. The van der Waals surface area contributed by atoms with Crippen LogP contribution in [0, 0.1) is 40.8 Å². The summed E-state index contributed by atoms with van der Waals surface area (Å²) in [6.45, 7) is 0. The summed E-state index contributed by atoms with van der Waals surface area (Å²) in [5, 5.41) is 9.93. The van der Waals surface area contributed by atoms with Gasteiger partial charge < -0.3 is 0 Å². The van der Waals surface area contributed by atoms with Crippen LogP contribution in [0.3, 0.4) is 0 Å². The molecule has 0 N–H and O–H groups in total. The summed E-state index contributed by atoms with van der Waals surface area (Å²) in [7, 11) is 0. The molecule has 98 valence electrons. The fourth-order valence-corrected chi connectivity index (χ4v) is 5.37. The Morgan fingerprint density at radius 2 is 1.47 bits per heavy atom. The van der Waals surface area contributed by atoms with Gasteiger partial charge in [0.25, 0.3) is 0 Å². The summed E-state index contributed by atoms with van der Waals surface area (Å²) in [6, 6.07) is 9.40. The highest BCUT2D eigenvalue weighted by Crippen LogP contribution is 2.62. The molecule has 4 bridgehead atoms. The van der Waals surface area contributed by atoms with E-state index in [9.17, 15) is 9.65 Å². The summed E-state index contributed by atoms with van der Waals surface area (Å²) >= 11 is 0. The van der Waals surface area contributed by atoms with Gasteiger partial charge >= 0.3 is 0 Å². The van der Waals surface area contributed by atoms with Crippen LogP contribution in [0.15, 0.2) is 24.3 Å². The molecule has 0 atom stereocenters. The van der Waals surface area contributed by atoms with E-state index in [1.165, 1.54) is 44.2 Å². The lowest BCUT2D eigenvalue weighted by molar-refractivity contribution is -0.0348. The molecule has 1 aromatic carbocycles. The first kappa shape index (κ1) is 11.5. The van der Waals surface area contributed by atoms with E-state index in [1.807, 2.05) is 12.1 Å². The fourth-order valence-electron chi connectivity index (χ4n) is 5.37. The standard InChI is InChI=1S/C17H18FN/c18-16-3-1-13(2-4-16)17(10-19)14-6-11-5-12(8-14)9-15(17)7-11/h1-4,11-12,14-15H,5-9H2. The topological polar surface area (TPSA) is 23.8 Å². The largest absolute Gasteiger partial charge is 0.207 e. The second-order valence-electron chi connectivity index (χ2n) is 6.79. The third-order valence-electron chi connectivity index (χ3n) is 5.93. The van der Waals surface area contributed by atoms with Gasteiger partial charge in [-0.15, -0.1) is 0 Å². The third kappa shape index (κ3) is 1.45. The van der Waals surface area contributed by atoms with Crippen LogP contribution < -0.4 is 0 Å². The summed E-state index contributed by atoms with van der Waals surface area (Å²) in [5.74, 6) is 2.49. The van der Waals surface area contributed by atoms with E-state index in [2.05, 4.69) is 6.07 Å². The lowest BCUT2D eigenvalue weighted by Gasteiger charge is -2.58. The van der Waals surface area contributed by atoms with Crippen molar-refractivity contribution in [3.63, 3.8) is 0 Å². The van der Waals surface area contributed by atoms with Crippen LogP contribution in [-0.2, 0) is 5.41 Å². The van der Waals surface area contributed by atoms with Gasteiger partial charge in [-0.1, -0.05) is 12.1 Å². The van der Waals surface area contributed by atoms with Crippen molar-refractivity contribution < 1.29 is 4.39 Å². The first-order valence-corrected chi connectivity index (χ1v) is 7.39. The van der Waals surface area contributed by atoms with Crippen LogP contribution in [-0.4, -0.2) is 0 Å². The lowest BCUT2D eigenvalue weighted by Crippen LogP contribution is -2.54. The Bertz CT molecular complexity index is 511. The van der Waals surface area contributed by atoms with Gasteiger partial charge in [0.15, 0.2) is 0 Å². The molecule has 0 aliphatic heterocycles. The van der Waals surface area contributed by atoms with Gasteiger partial charge in [0, 0.05) is 0 Å². The molecule has 0 saturated heterocycles. The highest BCUT2D eigenvalue weighted by Gasteiger charge is 2.58. The van der Waals surface area contributed by atoms with Crippen molar-refractivity contribution in [3.8, 4) is 6.07 Å². The fraction of sp³-hybridized carbons (Fsp3) is 0.588. The van der Waals surface area contributed by atoms with Gasteiger partial charge in [0.1, 0.15) is 5.82 Å². The minimum atomic E-state index is -0.332. The molecule has 4 saturated carbocycles. The van der Waals surface area contributed by atoms with Gasteiger partial charge in [-0.3, -0.25) is 0 Å². The van der Waals surface area contributed by atoms with Gasteiger partial charge in [-0.05, 0) is 73.5 Å². The molecule has 2 heteroatoms. The van der Waals surface area contributed by atoms with E-state index in [4.69, 9.17) is 0 Å². The first-order valence-electron chi connectivity index (χ1n) is 7.39. The maximum Gasteiger partial charge on any atom is 0.123 e. The van der Waals surface area contributed by atoms with Crippen molar-refractivity contribution in [3.05, 3.63) is 35.6 Å². The molecular formula is C17H18FN. The van der Waals surface area contributed by atoms with Crippen molar-refractivity contribution >= 4 is 0 Å². The predicted octanol–water partition coefficient (Wildman–Crippen LogP) is 4.04. The second-order valence-corrected chi connectivity index (χ2v) is 6.79. The Morgan fingerprint density at radius 1 is 0.947 bits per heavy atom. The smallest absolute Gasteiger partial charge is 0.123 e. The van der Waals surface area contributed by atoms with Crippen molar-refractivity contribution in [2.45, 2.75) is 37.5 Å². The minimum absolute atomic E-state index is 0.208. The van der Waals surface area contributed by atoms with Gasteiger partial charge in [0.05, 0.1) is 11.5 Å². The summed E-state index contributed by atoms with van der Waals surface area (Å²) in [6.07, 6.45) is 6.21. The number of halogens is 1. The minimum Gasteiger partial charge on any atom is -0.207 e. The van der Waals surface area contributed by atoms with Crippen LogP contribution in [0.4, 0.5) is 4.39 Å². The normalized spacial score (nSPS) is 43.2. The molecule has 0 spiro atoms. The molecule has 1 nitrogen and oxygen atoms in total. The monoisotopic (exact) mass is 255 g/mol. The number of benzene rings is 1. The molecule has 0 unspecified atom stereocenters. The lowest BCUT2D eigenvalue weighted by atomic mass is 9.44. The number of nitrogens with zero attached hydrogens (tertiary/aromatic N) is 1. The molecule has 0 aromatic heterocycles. The van der Waals surface area contributed by atoms with E-state index in [-0.39, 0.29) is 11.2 Å². The van der Waals surface area contributed by atoms with E-state index in [0.717, 1.165) is 17.4 Å². The van der Waals surface area contributed by atoms with Crippen LogP contribution in [0.25, 0.3) is 0 Å². The van der Waals surface area contributed by atoms with Gasteiger partial charge in [0.2, 0.25) is 0 Å². The summed E-state index contributed by atoms with van der Waals surface area (Å²) < 4.78 is 13.2. The van der Waals surface area contributed by atoms with Gasteiger partial charge in [-0.2, -0.15) is 5.26 Å². The van der Waals surface area contributed by atoms with Crippen molar-refractivity contribution in [2.75, 3.05) is 0 Å². The van der Waals surface area contributed by atoms with Crippen molar-refractivity contribution in [2.24, 2.45) is 23.7 Å². The Labute approximate surface area is 113 Å². The van der Waals surface area contributed by atoms with E-state index < -0.39 is 0 Å². The zero-order chi connectivity index (χ0) is 13.0. The molecule has 5 rings (SSSR count). The maximum absolute atomic E-state index is 13.2. The summed E-state index contributed by atoms with van der Waals surface area (Å²) in [5.41, 5.74) is 0.728. The SMILES string of the molecule is N#CC1(c2ccc(F)cc2)C2CC3CC(C2)CC1C3. The van der Waals surface area contributed by atoms with Crippen LogP contribution in [0.2, 0.25) is 0 Å². The zero-order valence-corrected chi connectivity index (χ0v) is 11.0. The average molecular weight is 255 g/mol. The second kappa shape index (κ2) is 3.82. The maximum atomic E-state index is 13.2. The summed E-state index contributed by atoms with van der Waals surface area (Å²) in [4.78, 5) is 0. The number of hydrogen-bond acceptors (Lipinski definition) is 1. The zero-order valence-electron chi connectivity index (χ0n) is 11.0. The number of hydrogen-bond donors (Lipinski definition) is 0. The van der Waals surface area contributed by atoms with E-state index in [1.54, 1.807) is 0 Å². The Morgan fingerprint density at radius 3 is 1.95 bits per heavy atom. The van der Waals surface area contributed by atoms with Gasteiger partial charge in [-0.25, -0.2) is 4.39 Å². The average Bonchev–Trinajstić information content (AvgIpc) is 2.40. The highest BCUT2D eigenvalue weighted by molar-refractivity contribution is 5.38. The van der Waals surface area contributed by atoms with E-state index in [0.29, 0.717) is 11.8 Å². The molecule has 0 radical (unpaired) electrons. The molecule has 4 aliphatic carbocycles. The van der Waals surface area contributed by atoms with Crippen LogP contribution in [0.1, 0.15) is 37.7 Å². The Kier molecular flexibility index (Phi) is 2.31. The Hall–Kier alpha value is -1.36. The van der Waals surface area contributed by atoms with Crippen molar-refractivity contribution in [1.29, 1.82) is 5.26 Å². The quantitative estimate of drug-likeness (QED) is 0.743. The van der Waals surface area contributed by atoms with E-state index >= 15 is 0 Å². The molecule has 19 heavy (non-hydrogen) atoms. The molecule has 0 heterocycles. The predicted molar refractivity (Wildman–Crippen MR) is 70.7 cm³/mol. The number of rotatable bonds is 1. The molecule has 4 aliphatic rings. The van der Waals surface area contributed by atoms with Crippen LogP contribution in [0.5, 0.6) is 0 Å². The molecule has 0 amide bonds. The third-order valence-corrected chi connectivity index (χ3v) is 5.93. The molecular weight excluding hydrogens is 237 g/mol. The first-order chi connectivity index (χ1) is 9.22. The Balaban J connectivity index is 1.82. The molecule has 4 fully saturated rings. The molecule has 1 aromatic rings. The van der Waals surface area contributed by atoms with Crippen molar-refractivity contribution in [1.82, 2.24) is 0 Å². The number of nitriles is 1. The van der Waals surface area contributed by atoms with Crippen LogP contribution >= 0.6 is 0 Å².